The number of rotatable bonds is 4. The van der Waals surface area contributed by atoms with E-state index in [2.05, 4.69) is 11.0 Å². The van der Waals surface area contributed by atoms with E-state index in [0.717, 1.165) is 57.8 Å². The van der Waals surface area contributed by atoms with Gasteiger partial charge in [-0.15, -0.1) is 0 Å². The lowest BCUT2D eigenvalue weighted by Crippen LogP contribution is -2.47. The second kappa shape index (κ2) is 7.90. The first-order valence-electron chi connectivity index (χ1n) is 8.68. The fourth-order valence-corrected chi connectivity index (χ4v) is 3.50. The number of benzene rings is 1. The fourth-order valence-electron chi connectivity index (χ4n) is 3.50. The minimum Gasteiger partial charge on any atom is -0.379 e. The van der Waals surface area contributed by atoms with Crippen LogP contribution in [-0.2, 0) is 11.3 Å². The highest BCUT2D eigenvalue weighted by molar-refractivity contribution is 5.94. The highest BCUT2D eigenvalue weighted by atomic mass is 16.5. The van der Waals surface area contributed by atoms with Gasteiger partial charge in [-0.3, -0.25) is 9.69 Å². The summed E-state index contributed by atoms with van der Waals surface area (Å²) >= 11 is 0. The van der Waals surface area contributed by atoms with E-state index in [0.29, 0.717) is 6.54 Å². The fraction of sp³-hybridized carbons (Fsp3) is 0.611. The van der Waals surface area contributed by atoms with Crippen molar-refractivity contribution < 1.29 is 9.53 Å². The molecule has 0 radical (unpaired) electrons. The average molecular weight is 317 g/mol. The van der Waals surface area contributed by atoms with Crippen molar-refractivity contribution in [3.63, 3.8) is 0 Å². The van der Waals surface area contributed by atoms with Gasteiger partial charge in [-0.2, -0.15) is 0 Å². The smallest absolute Gasteiger partial charge is 0.254 e. The Hall–Kier alpha value is -1.43. The topological polar surface area (TPSA) is 58.8 Å². The van der Waals surface area contributed by atoms with Crippen LogP contribution in [0.1, 0.15) is 35.2 Å². The van der Waals surface area contributed by atoms with Gasteiger partial charge in [-0.1, -0.05) is 12.1 Å². The van der Waals surface area contributed by atoms with Crippen molar-refractivity contribution in [2.75, 3.05) is 39.4 Å². The lowest BCUT2D eigenvalue weighted by molar-refractivity contribution is 0.0341. The molecule has 126 valence electrons. The van der Waals surface area contributed by atoms with Crippen LogP contribution < -0.4 is 5.73 Å². The van der Waals surface area contributed by atoms with Crippen molar-refractivity contribution in [1.82, 2.24) is 9.80 Å². The quantitative estimate of drug-likeness (QED) is 0.914. The van der Waals surface area contributed by atoms with Crippen LogP contribution in [0, 0.1) is 0 Å². The Bertz CT molecular complexity index is 529. The molecule has 2 aliphatic heterocycles. The molecule has 1 aromatic rings. The Morgan fingerprint density at radius 3 is 2.83 bits per heavy atom. The molecule has 0 saturated carbocycles. The molecule has 2 heterocycles. The normalized spacial score (nSPS) is 23.0. The van der Waals surface area contributed by atoms with Crippen molar-refractivity contribution in [3.8, 4) is 0 Å². The first kappa shape index (κ1) is 16.4. The summed E-state index contributed by atoms with van der Waals surface area (Å²) < 4.78 is 5.39. The molecular formula is C18H27N3O2. The molecule has 2 N–H and O–H groups in total. The maximum atomic E-state index is 12.9. The maximum Gasteiger partial charge on any atom is 0.254 e. The van der Waals surface area contributed by atoms with E-state index >= 15 is 0 Å². The number of ether oxygens (including phenoxy) is 1. The monoisotopic (exact) mass is 317 g/mol. The summed E-state index contributed by atoms with van der Waals surface area (Å²) in [5, 5.41) is 0. The lowest BCUT2D eigenvalue weighted by Gasteiger charge is -2.35. The molecule has 1 atom stereocenters. The molecule has 23 heavy (non-hydrogen) atoms. The summed E-state index contributed by atoms with van der Waals surface area (Å²) in [7, 11) is 0. The van der Waals surface area contributed by atoms with Crippen molar-refractivity contribution in [2.24, 2.45) is 5.73 Å². The molecule has 0 spiro atoms. The zero-order chi connectivity index (χ0) is 16.1. The first-order valence-corrected chi connectivity index (χ1v) is 8.68. The van der Waals surface area contributed by atoms with Gasteiger partial charge >= 0.3 is 0 Å². The van der Waals surface area contributed by atoms with E-state index in [9.17, 15) is 4.79 Å². The number of hydrogen-bond acceptors (Lipinski definition) is 4. The summed E-state index contributed by atoms with van der Waals surface area (Å²) in [5.74, 6) is 0.129. The van der Waals surface area contributed by atoms with E-state index in [1.165, 1.54) is 12.0 Å². The van der Waals surface area contributed by atoms with Crippen LogP contribution in [0.5, 0.6) is 0 Å². The van der Waals surface area contributed by atoms with Crippen molar-refractivity contribution in [3.05, 3.63) is 35.4 Å². The van der Waals surface area contributed by atoms with Gasteiger partial charge in [0.25, 0.3) is 5.91 Å². The van der Waals surface area contributed by atoms with E-state index in [1.807, 2.05) is 23.1 Å². The third-order valence-electron chi connectivity index (χ3n) is 4.84. The maximum absolute atomic E-state index is 12.9. The second-order valence-electron chi connectivity index (χ2n) is 6.47. The number of amides is 1. The lowest BCUT2D eigenvalue weighted by atomic mass is 10.0. The summed E-state index contributed by atoms with van der Waals surface area (Å²) in [4.78, 5) is 17.2. The van der Waals surface area contributed by atoms with Gasteiger partial charge in [0, 0.05) is 44.3 Å². The molecule has 1 amide bonds. The Morgan fingerprint density at radius 2 is 2.04 bits per heavy atom. The molecule has 0 bridgehead atoms. The van der Waals surface area contributed by atoms with Gasteiger partial charge < -0.3 is 15.4 Å². The zero-order valence-electron chi connectivity index (χ0n) is 13.7. The number of nitrogens with zero attached hydrogens (tertiary/aromatic N) is 2. The minimum absolute atomic E-state index is 0.129. The number of hydrogen-bond donors (Lipinski definition) is 1. The van der Waals surface area contributed by atoms with E-state index in [-0.39, 0.29) is 11.9 Å². The van der Waals surface area contributed by atoms with Crippen LogP contribution in [-0.4, -0.2) is 61.1 Å². The summed E-state index contributed by atoms with van der Waals surface area (Å²) in [6.45, 7) is 5.77. The summed E-state index contributed by atoms with van der Waals surface area (Å²) in [6.07, 6.45) is 3.27. The van der Waals surface area contributed by atoms with Crippen LogP contribution >= 0.6 is 0 Å². The van der Waals surface area contributed by atoms with Gasteiger partial charge in [0.2, 0.25) is 0 Å². The zero-order valence-corrected chi connectivity index (χ0v) is 13.7. The first-order chi connectivity index (χ1) is 11.3. The van der Waals surface area contributed by atoms with Gasteiger partial charge in [-0.25, -0.2) is 0 Å². The van der Waals surface area contributed by atoms with E-state index in [4.69, 9.17) is 10.5 Å². The largest absolute Gasteiger partial charge is 0.379 e. The van der Waals surface area contributed by atoms with Crippen molar-refractivity contribution >= 4 is 5.91 Å². The standard InChI is InChI=1S/C18H27N3O2/c19-13-17-6-1-2-7-21(17)18(22)16-5-3-4-15(12-16)14-20-8-10-23-11-9-20/h3-5,12,17H,1-2,6-11,13-14,19H2. The van der Waals surface area contributed by atoms with Crippen LogP contribution in [0.3, 0.4) is 0 Å². The van der Waals surface area contributed by atoms with Crippen LogP contribution in [0.4, 0.5) is 0 Å². The second-order valence-corrected chi connectivity index (χ2v) is 6.47. The Morgan fingerprint density at radius 1 is 1.22 bits per heavy atom. The van der Waals surface area contributed by atoms with Crippen molar-refractivity contribution in [1.29, 1.82) is 0 Å². The molecular weight excluding hydrogens is 290 g/mol. The number of nitrogens with two attached hydrogens (primary N) is 1. The average Bonchev–Trinajstić information content (AvgIpc) is 2.62. The molecule has 1 unspecified atom stereocenters. The molecule has 5 nitrogen and oxygen atoms in total. The van der Waals surface area contributed by atoms with Crippen molar-refractivity contribution in [2.45, 2.75) is 31.8 Å². The van der Waals surface area contributed by atoms with Gasteiger partial charge in [0.1, 0.15) is 0 Å². The highest BCUT2D eigenvalue weighted by Gasteiger charge is 2.26. The van der Waals surface area contributed by atoms with Crippen LogP contribution in [0.2, 0.25) is 0 Å². The van der Waals surface area contributed by atoms with Gasteiger partial charge in [0.15, 0.2) is 0 Å². The summed E-state index contributed by atoms with van der Waals surface area (Å²) in [6, 6.07) is 8.25. The van der Waals surface area contributed by atoms with Crippen LogP contribution in [0.15, 0.2) is 24.3 Å². The van der Waals surface area contributed by atoms with E-state index < -0.39 is 0 Å². The molecule has 1 aromatic carbocycles. The Kier molecular flexibility index (Phi) is 5.65. The number of morpholine rings is 1. The number of carbonyl (C=O) groups is 1. The molecule has 3 rings (SSSR count). The summed E-state index contributed by atoms with van der Waals surface area (Å²) in [5.41, 5.74) is 7.83. The molecule has 2 aliphatic rings. The highest BCUT2D eigenvalue weighted by Crippen LogP contribution is 2.20. The molecule has 2 saturated heterocycles. The molecule has 0 aromatic heterocycles. The molecule has 5 heteroatoms. The Labute approximate surface area is 138 Å². The van der Waals surface area contributed by atoms with Gasteiger partial charge in [0.05, 0.1) is 13.2 Å². The number of piperidine rings is 1. The molecule has 2 fully saturated rings. The predicted octanol–water partition coefficient (Wildman–Crippen LogP) is 1.47. The number of carbonyl (C=O) groups excluding carboxylic acids is 1. The molecule has 0 aliphatic carbocycles. The van der Waals surface area contributed by atoms with Crippen LogP contribution in [0.25, 0.3) is 0 Å². The van der Waals surface area contributed by atoms with E-state index in [1.54, 1.807) is 0 Å². The minimum atomic E-state index is 0.129. The SMILES string of the molecule is NCC1CCCCN1C(=O)c1cccc(CN2CCOCC2)c1. The number of likely N-dealkylation sites (tertiary alicyclic amines) is 1. The third-order valence-corrected chi connectivity index (χ3v) is 4.84. The van der Waals surface area contributed by atoms with Gasteiger partial charge in [-0.05, 0) is 37.0 Å². The predicted molar refractivity (Wildman–Crippen MR) is 90.3 cm³/mol. The third kappa shape index (κ3) is 4.10. The Balaban J connectivity index is 1.69.